The Kier molecular flexibility index (Phi) is 6.43. The van der Waals surface area contributed by atoms with Gasteiger partial charge in [0.1, 0.15) is 0 Å². The first-order valence-corrected chi connectivity index (χ1v) is 6.73. The van der Waals surface area contributed by atoms with Gasteiger partial charge in [-0.15, -0.1) is 12.4 Å². The predicted octanol–water partition coefficient (Wildman–Crippen LogP) is 2.44. The molecular formula is C13H20ClF2N5O. The lowest BCUT2D eigenvalue weighted by Crippen LogP contribution is -2.24. The van der Waals surface area contributed by atoms with Crippen molar-refractivity contribution in [2.75, 3.05) is 7.05 Å². The number of nitrogens with zero attached hydrogens (tertiary/aromatic N) is 4. The summed E-state index contributed by atoms with van der Waals surface area (Å²) in [7, 11) is 1.86. The molecule has 0 amide bonds. The minimum absolute atomic E-state index is 0. The molecule has 2 aromatic rings. The van der Waals surface area contributed by atoms with Crippen LogP contribution in [0.3, 0.4) is 0 Å². The van der Waals surface area contributed by atoms with E-state index >= 15 is 0 Å². The summed E-state index contributed by atoms with van der Waals surface area (Å²) in [5.41, 5.74) is 1.68. The van der Waals surface area contributed by atoms with E-state index in [1.54, 1.807) is 13.8 Å². The number of hydrogen-bond donors (Lipinski definition) is 1. The van der Waals surface area contributed by atoms with Crippen LogP contribution in [0.15, 0.2) is 4.52 Å². The van der Waals surface area contributed by atoms with Gasteiger partial charge < -0.3 is 9.84 Å². The molecule has 0 aliphatic heterocycles. The van der Waals surface area contributed by atoms with E-state index < -0.39 is 6.55 Å². The smallest absolute Gasteiger partial charge is 0.333 e. The average molecular weight is 336 g/mol. The lowest BCUT2D eigenvalue weighted by Gasteiger charge is -2.04. The second kappa shape index (κ2) is 7.64. The maximum atomic E-state index is 12.8. The average Bonchev–Trinajstić information content (AvgIpc) is 2.98. The Bertz CT molecular complexity index is 614. The molecule has 6 nitrogen and oxygen atoms in total. The van der Waals surface area contributed by atoms with E-state index in [1.165, 1.54) is 0 Å². The van der Waals surface area contributed by atoms with Gasteiger partial charge >= 0.3 is 6.55 Å². The first-order chi connectivity index (χ1) is 9.92. The molecule has 0 aliphatic rings. The Hall–Kier alpha value is -1.54. The summed E-state index contributed by atoms with van der Waals surface area (Å²) in [5, 5.41) is 10.8. The first kappa shape index (κ1) is 18.5. The van der Waals surface area contributed by atoms with E-state index in [4.69, 9.17) is 4.52 Å². The highest BCUT2D eigenvalue weighted by Gasteiger charge is 2.19. The highest BCUT2D eigenvalue weighted by molar-refractivity contribution is 5.85. The molecule has 1 unspecified atom stereocenters. The summed E-state index contributed by atoms with van der Waals surface area (Å²) in [6.45, 7) is 2.67. The second-order valence-corrected chi connectivity index (χ2v) is 5.05. The zero-order valence-electron chi connectivity index (χ0n) is 12.9. The summed E-state index contributed by atoms with van der Waals surface area (Å²) >= 11 is 0. The number of hydrogen-bond acceptors (Lipinski definition) is 5. The van der Waals surface area contributed by atoms with E-state index in [-0.39, 0.29) is 18.4 Å². The van der Waals surface area contributed by atoms with Crippen molar-refractivity contribution in [3.05, 3.63) is 28.7 Å². The fraction of sp³-hybridized carbons (Fsp3) is 0.615. The molecule has 1 N–H and O–H groups in total. The van der Waals surface area contributed by atoms with Crippen molar-refractivity contribution in [3.8, 4) is 0 Å². The fourth-order valence-electron chi connectivity index (χ4n) is 2.11. The Morgan fingerprint density at radius 1 is 1.32 bits per heavy atom. The lowest BCUT2D eigenvalue weighted by molar-refractivity contribution is 0.0540. The van der Waals surface area contributed by atoms with Crippen molar-refractivity contribution < 1.29 is 13.3 Å². The van der Waals surface area contributed by atoms with E-state index in [9.17, 15) is 8.78 Å². The molecule has 0 bridgehead atoms. The minimum atomic E-state index is -2.65. The van der Waals surface area contributed by atoms with Crippen LogP contribution < -0.4 is 5.32 Å². The Morgan fingerprint density at radius 2 is 2.00 bits per heavy atom. The number of rotatable bonds is 6. The summed E-state index contributed by atoms with van der Waals surface area (Å²) in [6.07, 6.45) is 0.958. The van der Waals surface area contributed by atoms with Crippen molar-refractivity contribution in [3.63, 3.8) is 0 Å². The number of alkyl halides is 2. The standard InChI is InChI=1S/C13H19F2N5O.ClH/c1-7(16-4)5-11-17-12(21-19-11)6-10-8(2)18-20(9(10)3)13(14)15;/h7,13,16H,5-6H2,1-4H3;1H. The topological polar surface area (TPSA) is 68.8 Å². The summed E-state index contributed by atoms with van der Waals surface area (Å²) in [5.74, 6) is 1.01. The van der Waals surface area contributed by atoms with Crippen molar-refractivity contribution in [2.45, 2.75) is 46.2 Å². The zero-order chi connectivity index (χ0) is 15.6. The largest absolute Gasteiger partial charge is 0.339 e. The normalized spacial score (nSPS) is 12.5. The maximum Gasteiger partial charge on any atom is 0.333 e. The van der Waals surface area contributed by atoms with Crippen molar-refractivity contribution in [1.29, 1.82) is 0 Å². The van der Waals surface area contributed by atoms with Gasteiger partial charge in [-0.05, 0) is 27.8 Å². The van der Waals surface area contributed by atoms with Crippen LogP contribution in [0.5, 0.6) is 0 Å². The molecule has 9 heteroatoms. The predicted molar refractivity (Wildman–Crippen MR) is 79.5 cm³/mol. The molecule has 22 heavy (non-hydrogen) atoms. The number of likely N-dealkylation sites (N-methyl/N-ethyl adjacent to an activating group) is 1. The molecule has 124 valence electrons. The number of aryl methyl sites for hydroxylation is 1. The van der Waals surface area contributed by atoms with Crippen LogP contribution in [0.4, 0.5) is 8.78 Å². The maximum absolute atomic E-state index is 12.8. The van der Waals surface area contributed by atoms with Gasteiger partial charge in [0.25, 0.3) is 0 Å². The first-order valence-electron chi connectivity index (χ1n) is 6.73. The van der Waals surface area contributed by atoms with Crippen molar-refractivity contribution >= 4 is 12.4 Å². The van der Waals surface area contributed by atoms with Gasteiger partial charge in [0, 0.05) is 23.7 Å². The van der Waals surface area contributed by atoms with Crippen LogP contribution >= 0.6 is 12.4 Å². The highest BCUT2D eigenvalue weighted by atomic mass is 35.5. The molecule has 0 radical (unpaired) electrons. The molecule has 0 saturated heterocycles. The monoisotopic (exact) mass is 335 g/mol. The zero-order valence-corrected chi connectivity index (χ0v) is 13.7. The van der Waals surface area contributed by atoms with Crippen LogP contribution in [0.25, 0.3) is 0 Å². The third kappa shape index (κ3) is 4.01. The minimum Gasteiger partial charge on any atom is -0.339 e. The van der Waals surface area contributed by atoms with Gasteiger partial charge in [-0.25, -0.2) is 4.68 Å². The SMILES string of the molecule is CNC(C)Cc1noc(Cc2c(C)nn(C(F)F)c2C)n1.Cl. The summed E-state index contributed by atoms with van der Waals surface area (Å²) < 4.78 is 31.5. The molecule has 0 fully saturated rings. The second-order valence-electron chi connectivity index (χ2n) is 5.05. The molecular weight excluding hydrogens is 316 g/mol. The van der Waals surface area contributed by atoms with E-state index in [1.807, 2.05) is 14.0 Å². The van der Waals surface area contributed by atoms with E-state index in [0.717, 1.165) is 0 Å². The van der Waals surface area contributed by atoms with Crippen LogP contribution in [0.1, 0.15) is 42.1 Å². The molecule has 2 rings (SSSR count). The van der Waals surface area contributed by atoms with Crippen molar-refractivity contribution in [2.24, 2.45) is 0 Å². The number of aromatic nitrogens is 4. The molecule has 2 aromatic heterocycles. The van der Waals surface area contributed by atoms with E-state index in [2.05, 4.69) is 20.6 Å². The Balaban J connectivity index is 0.00000242. The third-order valence-corrected chi connectivity index (χ3v) is 3.48. The van der Waals surface area contributed by atoms with Gasteiger partial charge in [-0.1, -0.05) is 5.16 Å². The van der Waals surface area contributed by atoms with Gasteiger partial charge in [0.05, 0.1) is 12.1 Å². The summed E-state index contributed by atoms with van der Waals surface area (Å²) in [6, 6.07) is 0.237. The van der Waals surface area contributed by atoms with Gasteiger partial charge in [0.2, 0.25) is 5.89 Å². The van der Waals surface area contributed by atoms with E-state index in [0.29, 0.717) is 46.2 Å². The molecule has 2 heterocycles. The van der Waals surface area contributed by atoms with Crippen molar-refractivity contribution in [1.82, 2.24) is 25.2 Å². The van der Waals surface area contributed by atoms with Crippen LogP contribution in [0, 0.1) is 13.8 Å². The van der Waals surface area contributed by atoms with Gasteiger partial charge in [-0.2, -0.15) is 18.9 Å². The molecule has 0 aliphatic carbocycles. The molecule has 0 saturated carbocycles. The lowest BCUT2D eigenvalue weighted by atomic mass is 10.1. The Morgan fingerprint density at radius 3 is 2.55 bits per heavy atom. The van der Waals surface area contributed by atoms with Crippen LogP contribution in [-0.4, -0.2) is 33.0 Å². The molecule has 0 spiro atoms. The molecule has 0 aromatic carbocycles. The number of halogens is 3. The summed E-state index contributed by atoms with van der Waals surface area (Å²) in [4.78, 5) is 4.29. The quantitative estimate of drug-likeness (QED) is 0.878. The van der Waals surface area contributed by atoms with Crippen LogP contribution in [-0.2, 0) is 12.8 Å². The molecule has 1 atom stereocenters. The highest BCUT2D eigenvalue weighted by Crippen LogP contribution is 2.21. The fourth-order valence-corrected chi connectivity index (χ4v) is 2.11. The Labute approximate surface area is 133 Å². The van der Waals surface area contributed by atoms with Crippen LogP contribution in [0.2, 0.25) is 0 Å². The number of nitrogens with one attached hydrogen (secondary N) is 1. The third-order valence-electron chi connectivity index (χ3n) is 3.48. The van der Waals surface area contributed by atoms with Gasteiger partial charge in [-0.3, -0.25) is 0 Å². The van der Waals surface area contributed by atoms with Gasteiger partial charge in [0.15, 0.2) is 5.82 Å².